The number of amides is 1. The standard InChI is InChI=1S/C11H17N3O3/c1-4-17-11(16)8-6-12-14-10(8)13-9(15)5-7(2)3/h6-7H,4-5H2,1-3H3,(H2,12,13,14,15). The van der Waals surface area contributed by atoms with Crippen LogP contribution in [0.5, 0.6) is 0 Å². The molecule has 0 radical (unpaired) electrons. The second-order valence-electron chi connectivity index (χ2n) is 4.03. The van der Waals surface area contributed by atoms with Crippen LogP contribution in [-0.2, 0) is 9.53 Å². The maximum atomic E-state index is 11.5. The monoisotopic (exact) mass is 239 g/mol. The third kappa shape index (κ3) is 3.90. The molecule has 2 N–H and O–H groups in total. The zero-order chi connectivity index (χ0) is 12.8. The summed E-state index contributed by atoms with van der Waals surface area (Å²) in [5.41, 5.74) is 0.240. The van der Waals surface area contributed by atoms with Crippen molar-refractivity contribution in [3.8, 4) is 0 Å². The summed E-state index contributed by atoms with van der Waals surface area (Å²) in [6, 6.07) is 0. The number of ether oxygens (including phenoxy) is 1. The summed E-state index contributed by atoms with van der Waals surface area (Å²) < 4.78 is 4.84. The van der Waals surface area contributed by atoms with Gasteiger partial charge in [0.15, 0.2) is 0 Å². The van der Waals surface area contributed by atoms with Crippen LogP contribution in [0.1, 0.15) is 37.6 Å². The summed E-state index contributed by atoms with van der Waals surface area (Å²) in [5.74, 6) is -0.117. The predicted molar refractivity (Wildman–Crippen MR) is 62.6 cm³/mol. The van der Waals surface area contributed by atoms with Gasteiger partial charge in [0.05, 0.1) is 12.8 Å². The SMILES string of the molecule is CCOC(=O)c1cn[nH]c1NC(=O)CC(C)C. The molecular weight excluding hydrogens is 222 g/mol. The number of esters is 1. The van der Waals surface area contributed by atoms with Crippen molar-refractivity contribution in [2.45, 2.75) is 27.2 Å². The third-order valence-electron chi connectivity index (χ3n) is 1.99. The number of carbonyl (C=O) groups excluding carboxylic acids is 2. The van der Waals surface area contributed by atoms with Gasteiger partial charge in [0.2, 0.25) is 5.91 Å². The molecule has 6 nitrogen and oxygen atoms in total. The van der Waals surface area contributed by atoms with Crippen molar-refractivity contribution in [1.29, 1.82) is 0 Å². The van der Waals surface area contributed by atoms with Gasteiger partial charge in [-0.15, -0.1) is 0 Å². The first kappa shape index (κ1) is 13.2. The smallest absolute Gasteiger partial charge is 0.343 e. The summed E-state index contributed by atoms with van der Waals surface area (Å²) in [5, 5.41) is 8.89. The van der Waals surface area contributed by atoms with Crippen molar-refractivity contribution in [1.82, 2.24) is 10.2 Å². The molecule has 94 valence electrons. The number of nitrogens with zero attached hydrogens (tertiary/aromatic N) is 1. The van der Waals surface area contributed by atoms with E-state index in [9.17, 15) is 9.59 Å². The van der Waals surface area contributed by atoms with E-state index in [1.54, 1.807) is 6.92 Å². The van der Waals surface area contributed by atoms with E-state index < -0.39 is 5.97 Å². The maximum absolute atomic E-state index is 11.5. The van der Waals surface area contributed by atoms with Gasteiger partial charge in [-0.25, -0.2) is 4.79 Å². The number of anilines is 1. The molecule has 1 amide bonds. The van der Waals surface area contributed by atoms with Gasteiger partial charge in [-0.05, 0) is 12.8 Å². The lowest BCUT2D eigenvalue weighted by Crippen LogP contribution is -2.16. The van der Waals surface area contributed by atoms with Crippen LogP contribution in [-0.4, -0.2) is 28.7 Å². The minimum absolute atomic E-state index is 0.158. The molecule has 0 bridgehead atoms. The Labute approximate surface area is 99.7 Å². The van der Waals surface area contributed by atoms with Crippen LogP contribution in [0.25, 0.3) is 0 Å². The number of carbonyl (C=O) groups is 2. The van der Waals surface area contributed by atoms with Crippen molar-refractivity contribution in [3.63, 3.8) is 0 Å². The molecule has 0 unspecified atom stereocenters. The van der Waals surface area contributed by atoms with E-state index in [1.807, 2.05) is 13.8 Å². The lowest BCUT2D eigenvalue weighted by atomic mass is 10.1. The Morgan fingerprint density at radius 3 is 2.82 bits per heavy atom. The van der Waals surface area contributed by atoms with E-state index in [1.165, 1.54) is 6.20 Å². The Hall–Kier alpha value is -1.85. The first-order valence-electron chi connectivity index (χ1n) is 5.55. The Bertz CT molecular complexity index is 398. The molecule has 0 atom stereocenters. The molecule has 0 saturated heterocycles. The quantitative estimate of drug-likeness (QED) is 0.764. The Morgan fingerprint density at radius 2 is 2.24 bits per heavy atom. The van der Waals surface area contributed by atoms with Crippen LogP contribution in [0.4, 0.5) is 5.82 Å². The Morgan fingerprint density at radius 1 is 1.53 bits per heavy atom. The zero-order valence-electron chi connectivity index (χ0n) is 10.2. The van der Waals surface area contributed by atoms with E-state index in [0.717, 1.165) is 0 Å². The van der Waals surface area contributed by atoms with E-state index >= 15 is 0 Å². The van der Waals surface area contributed by atoms with E-state index in [-0.39, 0.29) is 29.8 Å². The Balaban J connectivity index is 2.69. The van der Waals surface area contributed by atoms with Crippen LogP contribution in [0.2, 0.25) is 0 Å². The lowest BCUT2D eigenvalue weighted by Gasteiger charge is -2.06. The van der Waals surface area contributed by atoms with Crippen LogP contribution >= 0.6 is 0 Å². The molecule has 6 heteroatoms. The second-order valence-corrected chi connectivity index (χ2v) is 4.03. The highest BCUT2D eigenvalue weighted by Gasteiger charge is 2.16. The molecular formula is C11H17N3O3. The highest BCUT2D eigenvalue weighted by atomic mass is 16.5. The third-order valence-corrected chi connectivity index (χ3v) is 1.99. The lowest BCUT2D eigenvalue weighted by molar-refractivity contribution is -0.116. The number of hydrogen-bond donors (Lipinski definition) is 2. The van der Waals surface area contributed by atoms with Gasteiger partial charge in [-0.1, -0.05) is 13.8 Å². The molecule has 0 fully saturated rings. The van der Waals surface area contributed by atoms with E-state index in [2.05, 4.69) is 15.5 Å². The Kier molecular flexibility index (Phi) is 4.68. The molecule has 1 rings (SSSR count). The van der Waals surface area contributed by atoms with Gasteiger partial charge in [0, 0.05) is 6.42 Å². The second kappa shape index (κ2) is 6.03. The van der Waals surface area contributed by atoms with E-state index in [0.29, 0.717) is 6.42 Å². The van der Waals surface area contributed by atoms with Gasteiger partial charge >= 0.3 is 5.97 Å². The van der Waals surface area contributed by atoms with Crippen molar-refractivity contribution in [2.24, 2.45) is 5.92 Å². The first-order valence-corrected chi connectivity index (χ1v) is 5.55. The number of nitrogens with one attached hydrogen (secondary N) is 2. The minimum atomic E-state index is -0.499. The fourth-order valence-corrected chi connectivity index (χ4v) is 1.31. The van der Waals surface area contributed by atoms with Gasteiger partial charge < -0.3 is 10.1 Å². The van der Waals surface area contributed by atoms with Crippen LogP contribution in [0, 0.1) is 5.92 Å². The molecule has 0 aromatic carbocycles. The molecule has 0 spiro atoms. The summed E-state index contributed by atoms with van der Waals surface area (Å²) in [6.45, 7) is 5.88. The van der Waals surface area contributed by atoms with Gasteiger partial charge in [0.1, 0.15) is 11.4 Å². The summed E-state index contributed by atoms with van der Waals surface area (Å²) >= 11 is 0. The fraction of sp³-hybridized carbons (Fsp3) is 0.545. The zero-order valence-corrected chi connectivity index (χ0v) is 10.2. The van der Waals surface area contributed by atoms with Crippen molar-refractivity contribution >= 4 is 17.7 Å². The summed E-state index contributed by atoms with van der Waals surface area (Å²) in [4.78, 5) is 23.0. The van der Waals surface area contributed by atoms with E-state index in [4.69, 9.17) is 4.74 Å². The van der Waals surface area contributed by atoms with Crippen LogP contribution in [0.3, 0.4) is 0 Å². The van der Waals surface area contributed by atoms with Gasteiger partial charge in [-0.2, -0.15) is 5.10 Å². The number of aromatic nitrogens is 2. The molecule has 1 aromatic rings. The molecule has 0 aliphatic rings. The average molecular weight is 239 g/mol. The molecule has 1 heterocycles. The van der Waals surface area contributed by atoms with Gasteiger partial charge in [-0.3, -0.25) is 9.89 Å². The highest BCUT2D eigenvalue weighted by Crippen LogP contribution is 2.13. The molecule has 0 saturated carbocycles. The van der Waals surface area contributed by atoms with Crippen LogP contribution in [0.15, 0.2) is 6.20 Å². The van der Waals surface area contributed by atoms with Crippen molar-refractivity contribution < 1.29 is 14.3 Å². The van der Waals surface area contributed by atoms with Crippen molar-refractivity contribution in [3.05, 3.63) is 11.8 Å². The van der Waals surface area contributed by atoms with Crippen LogP contribution < -0.4 is 5.32 Å². The summed E-state index contributed by atoms with van der Waals surface area (Å²) in [7, 11) is 0. The molecule has 17 heavy (non-hydrogen) atoms. The molecule has 0 aliphatic carbocycles. The maximum Gasteiger partial charge on any atom is 0.343 e. The number of hydrogen-bond acceptors (Lipinski definition) is 4. The fourth-order valence-electron chi connectivity index (χ4n) is 1.31. The highest BCUT2D eigenvalue weighted by molar-refractivity contribution is 5.99. The van der Waals surface area contributed by atoms with Crippen molar-refractivity contribution in [2.75, 3.05) is 11.9 Å². The first-order chi connectivity index (χ1) is 8.04. The predicted octanol–water partition coefficient (Wildman–Crippen LogP) is 1.57. The average Bonchev–Trinajstić information content (AvgIpc) is 2.64. The largest absolute Gasteiger partial charge is 0.462 e. The molecule has 0 aliphatic heterocycles. The topological polar surface area (TPSA) is 84.1 Å². The summed E-state index contributed by atoms with van der Waals surface area (Å²) in [6.07, 6.45) is 1.73. The normalized spacial score (nSPS) is 10.4. The number of rotatable bonds is 5. The molecule has 1 aromatic heterocycles. The number of aromatic amines is 1. The number of H-pyrrole nitrogens is 1. The minimum Gasteiger partial charge on any atom is -0.462 e. The van der Waals surface area contributed by atoms with Gasteiger partial charge in [0.25, 0.3) is 0 Å².